The highest BCUT2D eigenvalue weighted by molar-refractivity contribution is 9.11. The maximum Gasteiger partial charge on any atom is 0.119 e. The molecule has 0 fully saturated rings. The molecule has 2 rings (SSSR count). The Morgan fingerprint density at radius 2 is 1.53 bits per heavy atom. The van der Waals surface area contributed by atoms with E-state index in [9.17, 15) is 0 Å². The summed E-state index contributed by atoms with van der Waals surface area (Å²) in [5, 5.41) is 0. The van der Waals surface area contributed by atoms with E-state index in [4.69, 9.17) is 4.74 Å². The van der Waals surface area contributed by atoms with Crippen LogP contribution in [-0.2, 0) is 0 Å². The highest BCUT2D eigenvalue weighted by atomic mass is 79.9. The Labute approximate surface area is 126 Å². The number of methoxy groups -OCH3 is 1. The Hall–Kier alpha value is -0.320. The van der Waals surface area contributed by atoms with Crippen LogP contribution in [0.4, 0.5) is 0 Å². The van der Waals surface area contributed by atoms with Gasteiger partial charge in [-0.25, -0.2) is 0 Å². The predicted octanol–water partition coefficient (Wildman–Crippen LogP) is 5.65. The van der Waals surface area contributed by atoms with Crippen molar-refractivity contribution >= 4 is 47.8 Å². The van der Waals surface area contributed by atoms with E-state index in [0.717, 1.165) is 30.3 Å². The molecule has 4 heteroatoms. The summed E-state index contributed by atoms with van der Waals surface area (Å²) in [6.45, 7) is 0. The molecule has 0 aliphatic rings. The summed E-state index contributed by atoms with van der Waals surface area (Å²) < 4.78 is 8.38. The molecule has 0 aliphatic carbocycles. The van der Waals surface area contributed by atoms with Crippen LogP contribution in [0.5, 0.6) is 5.75 Å². The lowest BCUT2D eigenvalue weighted by Gasteiger charge is -2.11. The van der Waals surface area contributed by atoms with Crippen molar-refractivity contribution in [2.75, 3.05) is 7.11 Å². The van der Waals surface area contributed by atoms with Gasteiger partial charge in [0, 0.05) is 24.5 Å². The standard InChI is InChI=1S/C13H9Br3O/c1-17-8-5-6-10(14)9(7-8)13-11(15)3-2-4-12(13)16/h2-7H,1H3. The molecule has 0 spiro atoms. The highest BCUT2D eigenvalue weighted by Crippen LogP contribution is 2.40. The first-order chi connectivity index (χ1) is 8.13. The zero-order valence-electron chi connectivity index (χ0n) is 9.01. The smallest absolute Gasteiger partial charge is 0.119 e. The van der Waals surface area contributed by atoms with Gasteiger partial charge in [-0.3, -0.25) is 0 Å². The fourth-order valence-electron chi connectivity index (χ4n) is 1.58. The van der Waals surface area contributed by atoms with Crippen LogP contribution >= 0.6 is 47.8 Å². The van der Waals surface area contributed by atoms with Crippen LogP contribution in [0.15, 0.2) is 49.8 Å². The van der Waals surface area contributed by atoms with Gasteiger partial charge in [0.2, 0.25) is 0 Å². The second-order valence-corrected chi connectivity index (χ2v) is 6.01. The predicted molar refractivity (Wildman–Crippen MR) is 81.5 cm³/mol. The average Bonchev–Trinajstić information content (AvgIpc) is 2.31. The van der Waals surface area contributed by atoms with Crippen molar-refractivity contribution in [3.05, 3.63) is 49.8 Å². The van der Waals surface area contributed by atoms with E-state index in [0.29, 0.717) is 0 Å². The fraction of sp³-hybridized carbons (Fsp3) is 0.0769. The van der Waals surface area contributed by atoms with Gasteiger partial charge in [0.1, 0.15) is 5.75 Å². The summed E-state index contributed by atoms with van der Waals surface area (Å²) in [5.41, 5.74) is 2.20. The first kappa shape index (κ1) is 13.1. The van der Waals surface area contributed by atoms with Crippen LogP contribution in [0.3, 0.4) is 0 Å². The third-order valence-corrected chi connectivity index (χ3v) is 4.42. The summed E-state index contributed by atoms with van der Waals surface area (Å²) in [7, 11) is 1.67. The molecule has 0 bridgehead atoms. The van der Waals surface area contributed by atoms with Gasteiger partial charge in [-0.15, -0.1) is 0 Å². The fourth-order valence-corrected chi connectivity index (χ4v) is 3.45. The van der Waals surface area contributed by atoms with Gasteiger partial charge in [-0.1, -0.05) is 53.9 Å². The van der Waals surface area contributed by atoms with Gasteiger partial charge in [0.05, 0.1) is 7.11 Å². The molecular weight excluding hydrogens is 412 g/mol. The van der Waals surface area contributed by atoms with Crippen molar-refractivity contribution in [1.82, 2.24) is 0 Å². The summed E-state index contributed by atoms with van der Waals surface area (Å²) in [6.07, 6.45) is 0. The normalized spacial score (nSPS) is 10.4. The van der Waals surface area contributed by atoms with Crippen LogP contribution in [0, 0.1) is 0 Å². The molecule has 0 aromatic heterocycles. The third kappa shape index (κ3) is 2.75. The van der Waals surface area contributed by atoms with Crippen molar-refractivity contribution in [1.29, 1.82) is 0 Å². The Bertz CT molecular complexity index is 532. The van der Waals surface area contributed by atoms with E-state index < -0.39 is 0 Å². The molecule has 17 heavy (non-hydrogen) atoms. The molecule has 0 unspecified atom stereocenters. The molecule has 1 nitrogen and oxygen atoms in total. The second kappa shape index (κ2) is 5.55. The van der Waals surface area contributed by atoms with Crippen LogP contribution < -0.4 is 4.74 Å². The molecule has 0 saturated heterocycles. The number of ether oxygens (including phenoxy) is 1. The zero-order valence-corrected chi connectivity index (χ0v) is 13.8. The SMILES string of the molecule is COc1ccc(Br)c(-c2c(Br)cccc2Br)c1. The highest BCUT2D eigenvalue weighted by Gasteiger charge is 2.11. The summed E-state index contributed by atoms with van der Waals surface area (Å²) in [4.78, 5) is 0. The molecule has 0 radical (unpaired) electrons. The summed E-state index contributed by atoms with van der Waals surface area (Å²) >= 11 is 10.7. The molecular formula is C13H9Br3O. The van der Waals surface area contributed by atoms with Crippen molar-refractivity contribution in [2.24, 2.45) is 0 Å². The number of hydrogen-bond donors (Lipinski definition) is 0. The van der Waals surface area contributed by atoms with E-state index in [1.807, 2.05) is 36.4 Å². The first-order valence-corrected chi connectivity index (χ1v) is 7.29. The first-order valence-electron chi connectivity index (χ1n) is 4.91. The number of rotatable bonds is 2. The van der Waals surface area contributed by atoms with E-state index in [-0.39, 0.29) is 0 Å². The minimum Gasteiger partial charge on any atom is -0.497 e. The summed E-state index contributed by atoms with van der Waals surface area (Å²) in [6, 6.07) is 12.0. The van der Waals surface area contributed by atoms with Crippen molar-refractivity contribution in [3.8, 4) is 16.9 Å². The lowest BCUT2D eigenvalue weighted by Crippen LogP contribution is -1.87. The molecule has 2 aromatic rings. The minimum atomic E-state index is 0.839. The van der Waals surface area contributed by atoms with Gasteiger partial charge < -0.3 is 4.74 Å². The molecule has 0 atom stereocenters. The van der Waals surface area contributed by atoms with Crippen LogP contribution in [0.25, 0.3) is 11.1 Å². The van der Waals surface area contributed by atoms with E-state index >= 15 is 0 Å². The molecule has 2 aromatic carbocycles. The van der Waals surface area contributed by atoms with Crippen LogP contribution in [0.2, 0.25) is 0 Å². The maximum atomic E-state index is 5.26. The molecule has 0 saturated carbocycles. The minimum absolute atomic E-state index is 0.839. The molecule has 0 heterocycles. The van der Waals surface area contributed by atoms with Gasteiger partial charge in [-0.05, 0) is 30.3 Å². The maximum absolute atomic E-state index is 5.26. The lowest BCUT2D eigenvalue weighted by atomic mass is 10.1. The number of benzene rings is 2. The quantitative estimate of drug-likeness (QED) is 0.610. The Balaban J connectivity index is 2.67. The average molecular weight is 421 g/mol. The Kier molecular flexibility index (Phi) is 4.28. The van der Waals surface area contributed by atoms with E-state index in [1.165, 1.54) is 0 Å². The largest absolute Gasteiger partial charge is 0.497 e. The third-order valence-electron chi connectivity index (χ3n) is 2.41. The van der Waals surface area contributed by atoms with Crippen LogP contribution in [-0.4, -0.2) is 7.11 Å². The number of hydrogen-bond acceptors (Lipinski definition) is 1. The topological polar surface area (TPSA) is 9.23 Å². The van der Waals surface area contributed by atoms with Gasteiger partial charge >= 0.3 is 0 Å². The van der Waals surface area contributed by atoms with Gasteiger partial charge in [-0.2, -0.15) is 0 Å². The monoisotopic (exact) mass is 418 g/mol. The van der Waals surface area contributed by atoms with E-state index in [2.05, 4.69) is 47.8 Å². The number of halogens is 3. The Morgan fingerprint density at radius 1 is 0.882 bits per heavy atom. The molecule has 0 aliphatic heterocycles. The van der Waals surface area contributed by atoms with Crippen molar-refractivity contribution in [2.45, 2.75) is 0 Å². The van der Waals surface area contributed by atoms with Gasteiger partial charge in [0.15, 0.2) is 0 Å². The lowest BCUT2D eigenvalue weighted by molar-refractivity contribution is 0.415. The Morgan fingerprint density at radius 3 is 2.12 bits per heavy atom. The molecule has 88 valence electrons. The van der Waals surface area contributed by atoms with Crippen LogP contribution in [0.1, 0.15) is 0 Å². The summed E-state index contributed by atoms with van der Waals surface area (Å²) in [5.74, 6) is 0.839. The zero-order chi connectivity index (χ0) is 12.4. The van der Waals surface area contributed by atoms with Crippen molar-refractivity contribution < 1.29 is 4.74 Å². The molecule has 0 N–H and O–H groups in total. The van der Waals surface area contributed by atoms with Crippen molar-refractivity contribution in [3.63, 3.8) is 0 Å². The second-order valence-electron chi connectivity index (χ2n) is 3.44. The molecule has 0 amide bonds. The van der Waals surface area contributed by atoms with Gasteiger partial charge in [0.25, 0.3) is 0 Å². The van der Waals surface area contributed by atoms with E-state index in [1.54, 1.807) is 7.11 Å².